The van der Waals surface area contributed by atoms with Gasteiger partial charge in [0.1, 0.15) is 17.1 Å². The molecule has 2 aromatic heterocycles. The number of ether oxygens (including phenoxy) is 1. The van der Waals surface area contributed by atoms with Crippen molar-refractivity contribution in [2.24, 2.45) is 0 Å². The van der Waals surface area contributed by atoms with Gasteiger partial charge in [0.15, 0.2) is 0 Å². The smallest absolute Gasteiger partial charge is 0.281 e. The number of aromatic nitrogens is 2. The Morgan fingerprint density at radius 3 is 2.72 bits per heavy atom. The lowest BCUT2D eigenvalue weighted by molar-refractivity contribution is 0.102. The van der Waals surface area contributed by atoms with Gasteiger partial charge in [-0.05, 0) is 43.7 Å². The number of rotatable bonds is 3. The maximum absolute atomic E-state index is 12.7. The first-order chi connectivity index (χ1) is 11.9. The second-order valence-electron chi connectivity index (χ2n) is 5.61. The van der Waals surface area contributed by atoms with Gasteiger partial charge in [-0.2, -0.15) is 0 Å². The first-order valence-electron chi connectivity index (χ1n) is 7.55. The van der Waals surface area contributed by atoms with Gasteiger partial charge in [-0.15, -0.1) is 0 Å². The van der Waals surface area contributed by atoms with Crippen LogP contribution in [0.15, 0.2) is 41.3 Å². The van der Waals surface area contributed by atoms with Gasteiger partial charge < -0.3 is 10.1 Å². The van der Waals surface area contributed by atoms with E-state index >= 15 is 0 Å². The molecule has 0 radical (unpaired) electrons. The molecule has 3 rings (SSSR count). The number of nitrogens with zero attached hydrogens (tertiary/aromatic N) is 2. The highest BCUT2D eigenvalue weighted by molar-refractivity contribution is 6.31. The summed E-state index contributed by atoms with van der Waals surface area (Å²) in [4.78, 5) is 29.7. The van der Waals surface area contributed by atoms with Crippen LogP contribution in [0.1, 0.15) is 21.6 Å². The number of carbonyl (C=O) groups excluding carboxylic acids is 1. The third-order valence-corrected chi connectivity index (χ3v) is 4.03. The molecule has 128 valence electrons. The van der Waals surface area contributed by atoms with E-state index in [0.717, 1.165) is 5.56 Å². The molecule has 0 fully saturated rings. The number of halogens is 1. The Bertz CT molecular complexity index is 1040. The first-order valence-corrected chi connectivity index (χ1v) is 7.93. The van der Waals surface area contributed by atoms with Crippen molar-refractivity contribution in [1.29, 1.82) is 0 Å². The molecule has 3 aromatic rings. The van der Waals surface area contributed by atoms with Gasteiger partial charge >= 0.3 is 0 Å². The molecule has 2 heterocycles. The van der Waals surface area contributed by atoms with Crippen molar-refractivity contribution in [3.8, 4) is 5.75 Å². The lowest BCUT2D eigenvalue weighted by Crippen LogP contribution is -2.25. The van der Waals surface area contributed by atoms with E-state index in [9.17, 15) is 9.59 Å². The van der Waals surface area contributed by atoms with Gasteiger partial charge in [0.25, 0.3) is 11.5 Å². The Balaban J connectivity index is 2.08. The van der Waals surface area contributed by atoms with Crippen LogP contribution in [0, 0.1) is 13.8 Å². The molecule has 1 aromatic carbocycles. The number of carbonyl (C=O) groups is 1. The van der Waals surface area contributed by atoms with E-state index in [-0.39, 0.29) is 16.8 Å². The van der Waals surface area contributed by atoms with Crippen LogP contribution in [0.25, 0.3) is 5.65 Å². The second kappa shape index (κ2) is 6.57. The van der Waals surface area contributed by atoms with Crippen molar-refractivity contribution < 1.29 is 9.53 Å². The average Bonchev–Trinajstić information content (AvgIpc) is 2.59. The van der Waals surface area contributed by atoms with E-state index in [2.05, 4.69) is 10.3 Å². The van der Waals surface area contributed by atoms with Crippen LogP contribution >= 0.6 is 11.6 Å². The summed E-state index contributed by atoms with van der Waals surface area (Å²) in [5, 5.41) is 3.03. The summed E-state index contributed by atoms with van der Waals surface area (Å²) >= 11 is 5.97. The molecule has 0 saturated carbocycles. The summed E-state index contributed by atoms with van der Waals surface area (Å²) in [6.07, 6.45) is 1.68. The number of hydrogen-bond acceptors (Lipinski definition) is 4. The van der Waals surface area contributed by atoms with Crippen molar-refractivity contribution >= 4 is 28.8 Å². The van der Waals surface area contributed by atoms with E-state index in [4.69, 9.17) is 16.3 Å². The van der Waals surface area contributed by atoms with E-state index in [1.54, 1.807) is 31.3 Å². The Labute approximate surface area is 149 Å². The van der Waals surface area contributed by atoms with Gasteiger partial charge in [-0.1, -0.05) is 17.7 Å². The van der Waals surface area contributed by atoms with Crippen LogP contribution in [0.3, 0.4) is 0 Å². The van der Waals surface area contributed by atoms with Crippen molar-refractivity contribution in [1.82, 2.24) is 9.38 Å². The molecule has 0 spiro atoms. The first kappa shape index (κ1) is 17.0. The highest BCUT2D eigenvalue weighted by atomic mass is 35.5. The highest BCUT2D eigenvalue weighted by Gasteiger charge is 2.17. The van der Waals surface area contributed by atoms with Gasteiger partial charge in [-0.3, -0.25) is 14.0 Å². The van der Waals surface area contributed by atoms with Crippen LogP contribution in [0.5, 0.6) is 5.75 Å². The van der Waals surface area contributed by atoms with E-state index in [1.807, 2.05) is 13.0 Å². The maximum Gasteiger partial charge on any atom is 0.281 e. The monoisotopic (exact) mass is 357 g/mol. The molecule has 1 amide bonds. The molecule has 7 heteroatoms. The van der Waals surface area contributed by atoms with Gasteiger partial charge in [0.2, 0.25) is 0 Å². The lowest BCUT2D eigenvalue weighted by atomic mass is 10.2. The molecule has 0 saturated heterocycles. The third kappa shape index (κ3) is 3.21. The third-order valence-electron chi connectivity index (χ3n) is 3.80. The molecule has 1 N–H and O–H groups in total. The van der Waals surface area contributed by atoms with E-state index < -0.39 is 5.91 Å². The number of benzene rings is 1. The number of hydrogen-bond donors (Lipinski definition) is 1. The molecule has 0 aliphatic heterocycles. The number of fused-ring (bicyclic) bond motifs is 1. The summed E-state index contributed by atoms with van der Waals surface area (Å²) < 4.78 is 6.60. The van der Waals surface area contributed by atoms with Crippen molar-refractivity contribution in [3.63, 3.8) is 0 Å². The normalized spacial score (nSPS) is 10.7. The van der Waals surface area contributed by atoms with Gasteiger partial charge in [0, 0.05) is 11.2 Å². The molecule has 0 aliphatic carbocycles. The molecule has 6 nitrogen and oxygen atoms in total. The highest BCUT2D eigenvalue weighted by Crippen LogP contribution is 2.23. The number of aryl methyl sites for hydroxylation is 2. The summed E-state index contributed by atoms with van der Waals surface area (Å²) in [6, 6.07) is 8.34. The van der Waals surface area contributed by atoms with Crippen LogP contribution in [0.2, 0.25) is 5.02 Å². The molecular weight excluding hydrogens is 342 g/mol. The standard InChI is InChI=1S/C18H16ClN3O3/c1-10-4-7-15-20-11(2)16(18(24)22(15)9-10)21-17(23)13-8-12(19)5-6-14(13)25-3/h4-9H,1-3H3,(H,21,23). The zero-order valence-corrected chi connectivity index (χ0v) is 14.7. The predicted octanol–water partition coefficient (Wildman–Crippen LogP) is 3.23. The van der Waals surface area contributed by atoms with Crippen LogP contribution in [-0.4, -0.2) is 22.4 Å². The Morgan fingerprint density at radius 2 is 2.00 bits per heavy atom. The maximum atomic E-state index is 12.7. The summed E-state index contributed by atoms with van der Waals surface area (Å²) in [5.74, 6) is -0.127. The summed E-state index contributed by atoms with van der Waals surface area (Å²) in [5.41, 5.74) is 1.88. The fourth-order valence-corrected chi connectivity index (χ4v) is 2.71. The fourth-order valence-electron chi connectivity index (χ4n) is 2.54. The molecule has 0 aliphatic rings. The lowest BCUT2D eigenvalue weighted by Gasteiger charge is -2.12. The molecule has 0 bridgehead atoms. The number of methoxy groups -OCH3 is 1. The second-order valence-corrected chi connectivity index (χ2v) is 6.05. The molecule has 0 atom stereocenters. The van der Waals surface area contributed by atoms with Crippen LogP contribution in [0.4, 0.5) is 5.69 Å². The SMILES string of the molecule is COc1ccc(Cl)cc1C(=O)Nc1c(C)nc2ccc(C)cn2c1=O. The number of anilines is 1. The molecular formula is C18H16ClN3O3. The topological polar surface area (TPSA) is 72.7 Å². The van der Waals surface area contributed by atoms with E-state index in [1.165, 1.54) is 17.6 Å². The fraction of sp³-hybridized carbons (Fsp3) is 0.167. The number of pyridine rings is 1. The van der Waals surface area contributed by atoms with Gasteiger partial charge in [0.05, 0.1) is 18.4 Å². The minimum atomic E-state index is -0.492. The Hall–Kier alpha value is -2.86. The quantitative estimate of drug-likeness (QED) is 0.781. The zero-order chi connectivity index (χ0) is 18.1. The molecule has 0 unspecified atom stereocenters. The minimum absolute atomic E-state index is 0.120. The van der Waals surface area contributed by atoms with Crippen molar-refractivity contribution in [3.05, 3.63) is 68.7 Å². The predicted molar refractivity (Wildman–Crippen MR) is 96.9 cm³/mol. The average molecular weight is 358 g/mol. The van der Waals surface area contributed by atoms with Gasteiger partial charge in [-0.25, -0.2) is 4.98 Å². The van der Waals surface area contributed by atoms with Crippen molar-refractivity contribution in [2.75, 3.05) is 12.4 Å². The van der Waals surface area contributed by atoms with Crippen molar-refractivity contribution in [2.45, 2.75) is 13.8 Å². The van der Waals surface area contributed by atoms with Crippen LogP contribution in [-0.2, 0) is 0 Å². The summed E-state index contributed by atoms with van der Waals surface area (Å²) in [6.45, 7) is 3.55. The van der Waals surface area contributed by atoms with Crippen LogP contribution < -0.4 is 15.6 Å². The van der Waals surface area contributed by atoms with E-state index in [0.29, 0.717) is 22.1 Å². The Kier molecular flexibility index (Phi) is 4.46. The Morgan fingerprint density at radius 1 is 1.24 bits per heavy atom. The minimum Gasteiger partial charge on any atom is -0.496 e. The zero-order valence-electron chi connectivity index (χ0n) is 14.0. The number of amides is 1. The largest absolute Gasteiger partial charge is 0.496 e. The molecule has 25 heavy (non-hydrogen) atoms. The number of nitrogens with one attached hydrogen (secondary N) is 1. The summed E-state index contributed by atoms with van der Waals surface area (Å²) in [7, 11) is 1.46.